The molecule has 2 saturated heterocycles. The van der Waals surface area contributed by atoms with Crippen LogP contribution >= 0.6 is 12.4 Å². The number of nitrogens with zero attached hydrogens (tertiary/aromatic N) is 2. The van der Waals surface area contributed by atoms with Crippen LogP contribution in [0.2, 0.25) is 0 Å². The second-order valence-corrected chi connectivity index (χ2v) is 6.49. The average molecular weight is 332 g/mol. The highest BCUT2D eigenvalue weighted by molar-refractivity contribution is 5.85. The first-order chi connectivity index (χ1) is 10.1. The van der Waals surface area contributed by atoms with Gasteiger partial charge < -0.3 is 15.5 Å². The Morgan fingerprint density at radius 3 is 2.59 bits per heavy atom. The SMILES string of the molecule is CC(N)C1CCCCN1C(=O)CN1CCCCCCC1=O.Cl. The normalized spacial score (nSPS) is 25.0. The van der Waals surface area contributed by atoms with Crippen LogP contribution in [-0.4, -0.2) is 53.3 Å². The molecule has 22 heavy (non-hydrogen) atoms. The van der Waals surface area contributed by atoms with Gasteiger partial charge in [0.1, 0.15) is 0 Å². The lowest BCUT2D eigenvalue weighted by atomic mass is 9.97. The van der Waals surface area contributed by atoms with Gasteiger partial charge in [0.2, 0.25) is 11.8 Å². The lowest BCUT2D eigenvalue weighted by molar-refractivity contribution is -0.143. The quantitative estimate of drug-likeness (QED) is 0.859. The molecule has 0 bridgehead atoms. The van der Waals surface area contributed by atoms with Gasteiger partial charge in [0.05, 0.1) is 6.54 Å². The molecule has 2 amide bonds. The third kappa shape index (κ3) is 5.13. The molecule has 0 saturated carbocycles. The molecule has 0 radical (unpaired) electrons. The molecule has 6 heteroatoms. The third-order valence-corrected chi connectivity index (χ3v) is 4.72. The second-order valence-electron chi connectivity index (χ2n) is 6.49. The molecule has 2 atom stereocenters. The van der Waals surface area contributed by atoms with Crippen LogP contribution in [0.1, 0.15) is 58.3 Å². The van der Waals surface area contributed by atoms with Gasteiger partial charge in [0.15, 0.2) is 0 Å². The number of piperidine rings is 1. The van der Waals surface area contributed by atoms with Crippen LogP contribution in [-0.2, 0) is 9.59 Å². The number of likely N-dealkylation sites (tertiary alicyclic amines) is 2. The van der Waals surface area contributed by atoms with E-state index in [1.165, 1.54) is 0 Å². The number of rotatable bonds is 3. The summed E-state index contributed by atoms with van der Waals surface area (Å²) < 4.78 is 0. The summed E-state index contributed by atoms with van der Waals surface area (Å²) in [7, 11) is 0. The van der Waals surface area contributed by atoms with Crippen molar-refractivity contribution in [3.8, 4) is 0 Å². The van der Waals surface area contributed by atoms with E-state index in [1.807, 2.05) is 11.8 Å². The number of carbonyl (C=O) groups is 2. The van der Waals surface area contributed by atoms with Gasteiger partial charge >= 0.3 is 0 Å². The van der Waals surface area contributed by atoms with Crippen LogP contribution in [0.5, 0.6) is 0 Å². The predicted octanol–water partition coefficient (Wildman–Crippen LogP) is 1.93. The highest BCUT2D eigenvalue weighted by Gasteiger charge is 2.30. The average Bonchev–Trinajstić information content (AvgIpc) is 2.46. The molecule has 2 unspecified atom stereocenters. The van der Waals surface area contributed by atoms with Gasteiger partial charge in [-0.2, -0.15) is 0 Å². The minimum Gasteiger partial charge on any atom is -0.337 e. The fraction of sp³-hybridized carbons (Fsp3) is 0.875. The number of nitrogens with two attached hydrogens (primary N) is 1. The van der Waals surface area contributed by atoms with E-state index in [4.69, 9.17) is 5.73 Å². The van der Waals surface area contributed by atoms with E-state index in [0.29, 0.717) is 6.42 Å². The molecular weight excluding hydrogens is 302 g/mol. The Morgan fingerprint density at radius 2 is 1.86 bits per heavy atom. The second kappa shape index (κ2) is 9.36. The minimum absolute atomic E-state index is 0. The van der Waals surface area contributed by atoms with Crippen molar-refractivity contribution in [2.75, 3.05) is 19.6 Å². The van der Waals surface area contributed by atoms with Crippen molar-refractivity contribution in [2.45, 2.75) is 70.4 Å². The summed E-state index contributed by atoms with van der Waals surface area (Å²) in [5, 5.41) is 0. The monoisotopic (exact) mass is 331 g/mol. The lowest BCUT2D eigenvalue weighted by Crippen LogP contribution is -2.54. The number of hydrogen-bond acceptors (Lipinski definition) is 3. The number of amides is 2. The predicted molar refractivity (Wildman–Crippen MR) is 89.9 cm³/mol. The van der Waals surface area contributed by atoms with Crippen LogP contribution in [0.4, 0.5) is 0 Å². The van der Waals surface area contributed by atoms with Gasteiger partial charge in [-0.25, -0.2) is 0 Å². The molecule has 0 aromatic carbocycles. The first-order valence-electron chi connectivity index (χ1n) is 8.42. The summed E-state index contributed by atoms with van der Waals surface area (Å²) >= 11 is 0. The van der Waals surface area contributed by atoms with E-state index in [9.17, 15) is 9.59 Å². The van der Waals surface area contributed by atoms with E-state index < -0.39 is 0 Å². The van der Waals surface area contributed by atoms with Crippen LogP contribution < -0.4 is 5.73 Å². The summed E-state index contributed by atoms with van der Waals surface area (Å²) in [6.45, 7) is 3.72. The number of carbonyl (C=O) groups excluding carboxylic acids is 2. The van der Waals surface area contributed by atoms with Gasteiger partial charge in [-0.3, -0.25) is 9.59 Å². The molecule has 2 fully saturated rings. The van der Waals surface area contributed by atoms with E-state index in [2.05, 4.69) is 0 Å². The molecule has 2 heterocycles. The van der Waals surface area contributed by atoms with Crippen LogP contribution in [0.3, 0.4) is 0 Å². The molecule has 0 spiro atoms. The van der Waals surface area contributed by atoms with Crippen LogP contribution in [0.15, 0.2) is 0 Å². The molecule has 2 aliphatic rings. The maximum Gasteiger partial charge on any atom is 0.242 e. The third-order valence-electron chi connectivity index (χ3n) is 4.72. The van der Waals surface area contributed by atoms with Crippen LogP contribution in [0, 0.1) is 0 Å². The zero-order valence-corrected chi connectivity index (χ0v) is 14.4. The Kier molecular flexibility index (Phi) is 8.18. The van der Waals surface area contributed by atoms with Crippen molar-refractivity contribution in [3.05, 3.63) is 0 Å². The molecule has 5 nitrogen and oxygen atoms in total. The first kappa shape index (κ1) is 19.2. The van der Waals surface area contributed by atoms with Crippen molar-refractivity contribution in [1.82, 2.24) is 9.80 Å². The smallest absolute Gasteiger partial charge is 0.242 e. The van der Waals surface area contributed by atoms with Crippen LogP contribution in [0.25, 0.3) is 0 Å². The zero-order chi connectivity index (χ0) is 15.2. The lowest BCUT2D eigenvalue weighted by Gasteiger charge is -2.39. The van der Waals surface area contributed by atoms with Crippen molar-refractivity contribution in [1.29, 1.82) is 0 Å². The molecule has 128 valence electrons. The molecule has 2 rings (SSSR count). The standard InChI is InChI=1S/C16H29N3O2.ClH/c1-13(17)14-8-5-7-11-19(14)16(21)12-18-10-6-3-2-4-9-15(18)20;/h13-14H,2-12,17H2,1H3;1H. The Morgan fingerprint density at radius 1 is 1.18 bits per heavy atom. The maximum atomic E-state index is 12.6. The fourth-order valence-electron chi connectivity index (χ4n) is 3.45. The summed E-state index contributed by atoms with van der Waals surface area (Å²) in [4.78, 5) is 28.4. The Labute approximate surface area is 140 Å². The molecule has 2 N–H and O–H groups in total. The molecule has 2 aliphatic heterocycles. The van der Waals surface area contributed by atoms with Crippen molar-refractivity contribution in [3.63, 3.8) is 0 Å². The molecule has 0 aromatic heterocycles. The number of halogens is 1. The van der Waals surface area contributed by atoms with E-state index in [-0.39, 0.29) is 42.8 Å². The van der Waals surface area contributed by atoms with Gasteiger partial charge in [-0.15, -0.1) is 12.4 Å². The van der Waals surface area contributed by atoms with Gasteiger partial charge in [-0.05, 0) is 39.0 Å². The van der Waals surface area contributed by atoms with Gasteiger partial charge in [-0.1, -0.05) is 12.8 Å². The van der Waals surface area contributed by atoms with Crippen molar-refractivity contribution < 1.29 is 9.59 Å². The first-order valence-corrected chi connectivity index (χ1v) is 8.42. The summed E-state index contributed by atoms with van der Waals surface area (Å²) in [5.41, 5.74) is 6.03. The zero-order valence-electron chi connectivity index (χ0n) is 13.6. The Hall–Kier alpha value is -0.810. The van der Waals surface area contributed by atoms with Crippen molar-refractivity contribution in [2.24, 2.45) is 5.73 Å². The summed E-state index contributed by atoms with van der Waals surface area (Å²) in [6.07, 6.45) is 8.00. The largest absolute Gasteiger partial charge is 0.337 e. The Balaban J connectivity index is 0.00000242. The van der Waals surface area contributed by atoms with E-state index >= 15 is 0 Å². The van der Waals surface area contributed by atoms with Gasteiger partial charge in [0, 0.05) is 31.6 Å². The maximum absolute atomic E-state index is 12.6. The highest BCUT2D eigenvalue weighted by Crippen LogP contribution is 2.20. The minimum atomic E-state index is -0.00251. The highest BCUT2D eigenvalue weighted by atomic mass is 35.5. The fourth-order valence-corrected chi connectivity index (χ4v) is 3.45. The van der Waals surface area contributed by atoms with Gasteiger partial charge in [0.25, 0.3) is 0 Å². The molecular formula is C16H30ClN3O2. The number of hydrogen-bond donors (Lipinski definition) is 1. The summed E-state index contributed by atoms with van der Waals surface area (Å²) in [6, 6.07) is 0.133. The molecule has 0 aliphatic carbocycles. The topological polar surface area (TPSA) is 66.6 Å². The summed E-state index contributed by atoms with van der Waals surface area (Å²) in [5.74, 6) is 0.211. The van der Waals surface area contributed by atoms with E-state index in [0.717, 1.165) is 58.0 Å². The van der Waals surface area contributed by atoms with Crippen molar-refractivity contribution >= 4 is 24.2 Å². The molecule has 0 aromatic rings. The Bertz CT molecular complexity index is 376. The van der Waals surface area contributed by atoms with E-state index in [1.54, 1.807) is 4.90 Å².